The zero-order chi connectivity index (χ0) is 13.5. The smallest absolute Gasteiger partial charge is 0.191 e. The molecular formula is C13H20ClN3OS. The van der Waals surface area contributed by atoms with Crippen LogP contribution in [0.4, 0.5) is 0 Å². The normalized spacial score (nSPS) is 19.7. The Hall–Kier alpha value is -0.780. The number of nitrogens with one attached hydrogen (secondary N) is 2. The first-order valence-corrected chi connectivity index (χ1v) is 7.77. The lowest BCUT2D eigenvalue weighted by Gasteiger charge is -2.14. The van der Waals surface area contributed by atoms with E-state index in [-0.39, 0.29) is 0 Å². The molecule has 0 saturated carbocycles. The molecule has 0 radical (unpaired) electrons. The van der Waals surface area contributed by atoms with Crippen LogP contribution in [-0.2, 0) is 11.2 Å². The highest BCUT2D eigenvalue weighted by Gasteiger charge is 2.15. The monoisotopic (exact) mass is 301 g/mol. The molecular weight excluding hydrogens is 282 g/mol. The van der Waals surface area contributed by atoms with E-state index in [4.69, 9.17) is 16.3 Å². The van der Waals surface area contributed by atoms with Crippen molar-refractivity contribution >= 4 is 28.9 Å². The molecule has 1 aromatic rings. The lowest BCUT2D eigenvalue weighted by molar-refractivity contribution is 0.114. The SMILES string of the molecule is CN=C(NCCc1ccc(Cl)s1)NCC1CCCO1. The van der Waals surface area contributed by atoms with E-state index in [0.29, 0.717) is 6.10 Å². The number of hydrogen-bond donors (Lipinski definition) is 2. The zero-order valence-electron chi connectivity index (χ0n) is 11.1. The minimum atomic E-state index is 0.328. The summed E-state index contributed by atoms with van der Waals surface area (Å²) in [7, 11) is 1.78. The minimum Gasteiger partial charge on any atom is -0.376 e. The van der Waals surface area contributed by atoms with Gasteiger partial charge in [-0.25, -0.2) is 0 Å². The molecule has 0 bridgehead atoms. The lowest BCUT2D eigenvalue weighted by atomic mass is 10.2. The van der Waals surface area contributed by atoms with Crippen molar-refractivity contribution in [3.63, 3.8) is 0 Å². The molecule has 1 saturated heterocycles. The molecule has 0 amide bonds. The fraction of sp³-hybridized carbons (Fsp3) is 0.615. The van der Waals surface area contributed by atoms with E-state index in [1.54, 1.807) is 18.4 Å². The highest BCUT2D eigenvalue weighted by atomic mass is 35.5. The van der Waals surface area contributed by atoms with Crippen molar-refractivity contribution < 1.29 is 4.74 Å². The lowest BCUT2D eigenvalue weighted by Crippen LogP contribution is -2.41. The average Bonchev–Trinajstić information content (AvgIpc) is 3.05. The third-order valence-electron chi connectivity index (χ3n) is 3.04. The molecule has 0 spiro atoms. The first kappa shape index (κ1) is 14.6. The molecule has 2 heterocycles. The van der Waals surface area contributed by atoms with Crippen LogP contribution in [0, 0.1) is 0 Å². The maximum absolute atomic E-state index is 5.90. The summed E-state index contributed by atoms with van der Waals surface area (Å²) >= 11 is 7.53. The molecule has 19 heavy (non-hydrogen) atoms. The quantitative estimate of drug-likeness (QED) is 0.648. The number of hydrogen-bond acceptors (Lipinski definition) is 3. The molecule has 0 aliphatic carbocycles. The third-order valence-corrected chi connectivity index (χ3v) is 4.33. The maximum atomic E-state index is 5.90. The number of rotatable bonds is 5. The van der Waals surface area contributed by atoms with Gasteiger partial charge in [-0.15, -0.1) is 11.3 Å². The standard InChI is InChI=1S/C13H20ClN3OS/c1-15-13(17-9-10-3-2-8-18-10)16-7-6-11-4-5-12(14)19-11/h4-5,10H,2-3,6-9H2,1H3,(H2,15,16,17). The zero-order valence-corrected chi connectivity index (χ0v) is 12.7. The Morgan fingerprint density at radius 1 is 1.53 bits per heavy atom. The summed E-state index contributed by atoms with van der Waals surface area (Å²) in [5.74, 6) is 0.832. The largest absolute Gasteiger partial charge is 0.376 e. The maximum Gasteiger partial charge on any atom is 0.191 e. The number of ether oxygens (including phenoxy) is 1. The van der Waals surface area contributed by atoms with Gasteiger partial charge in [0.15, 0.2) is 5.96 Å². The summed E-state index contributed by atoms with van der Waals surface area (Å²) in [5.41, 5.74) is 0. The summed E-state index contributed by atoms with van der Waals surface area (Å²) in [6.45, 7) is 2.56. The van der Waals surface area contributed by atoms with Crippen molar-refractivity contribution in [1.82, 2.24) is 10.6 Å². The van der Waals surface area contributed by atoms with Gasteiger partial charge in [0, 0.05) is 31.6 Å². The van der Waals surface area contributed by atoms with E-state index in [0.717, 1.165) is 49.3 Å². The molecule has 1 aromatic heterocycles. The van der Waals surface area contributed by atoms with E-state index < -0.39 is 0 Å². The van der Waals surface area contributed by atoms with Gasteiger partial charge in [0.1, 0.15) is 0 Å². The molecule has 6 heteroatoms. The Balaban J connectivity index is 1.64. The first-order valence-electron chi connectivity index (χ1n) is 6.58. The topological polar surface area (TPSA) is 45.7 Å². The highest BCUT2D eigenvalue weighted by molar-refractivity contribution is 7.16. The minimum absolute atomic E-state index is 0.328. The second-order valence-corrected chi connectivity index (χ2v) is 6.27. The van der Waals surface area contributed by atoms with Gasteiger partial charge in [-0.05, 0) is 31.4 Å². The molecule has 1 aliphatic heterocycles. The molecule has 1 fully saturated rings. The summed E-state index contributed by atoms with van der Waals surface area (Å²) in [4.78, 5) is 5.49. The van der Waals surface area contributed by atoms with Crippen LogP contribution in [0.15, 0.2) is 17.1 Å². The molecule has 4 nitrogen and oxygen atoms in total. The van der Waals surface area contributed by atoms with Gasteiger partial charge in [0.25, 0.3) is 0 Å². The molecule has 2 rings (SSSR count). The predicted molar refractivity (Wildman–Crippen MR) is 81.4 cm³/mol. The number of nitrogens with zero attached hydrogens (tertiary/aromatic N) is 1. The highest BCUT2D eigenvalue weighted by Crippen LogP contribution is 2.21. The van der Waals surface area contributed by atoms with Crippen molar-refractivity contribution in [2.24, 2.45) is 4.99 Å². The predicted octanol–water partition coefficient (Wildman–Crippen LogP) is 2.29. The van der Waals surface area contributed by atoms with Crippen molar-refractivity contribution in [2.75, 3.05) is 26.7 Å². The Bertz CT molecular complexity index is 416. The van der Waals surface area contributed by atoms with Gasteiger partial charge < -0.3 is 15.4 Å². The number of guanidine groups is 1. The first-order chi connectivity index (χ1) is 9.28. The molecule has 1 unspecified atom stereocenters. The summed E-state index contributed by atoms with van der Waals surface area (Å²) in [6.07, 6.45) is 3.59. The van der Waals surface area contributed by atoms with E-state index in [1.807, 2.05) is 6.07 Å². The second-order valence-electron chi connectivity index (χ2n) is 4.47. The van der Waals surface area contributed by atoms with Gasteiger partial charge in [-0.2, -0.15) is 0 Å². The van der Waals surface area contributed by atoms with Crippen molar-refractivity contribution in [1.29, 1.82) is 0 Å². The van der Waals surface area contributed by atoms with Gasteiger partial charge in [-0.3, -0.25) is 4.99 Å². The third kappa shape index (κ3) is 5.01. The number of aliphatic imine (C=N–C) groups is 1. The molecule has 106 valence electrons. The number of halogens is 1. The Morgan fingerprint density at radius 3 is 3.05 bits per heavy atom. The van der Waals surface area contributed by atoms with Crippen LogP contribution in [0.2, 0.25) is 4.34 Å². The summed E-state index contributed by atoms with van der Waals surface area (Å²) in [6, 6.07) is 4.00. The Morgan fingerprint density at radius 2 is 2.42 bits per heavy atom. The second kappa shape index (κ2) is 7.72. The van der Waals surface area contributed by atoms with E-state index in [1.165, 1.54) is 4.88 Å². The number of thiophene rings is 1. The summed E-state index contributed by atoms with van der Waals surface area (Å²) < 4.78 is 6.41. The van der Waals surface area contributed by atoms with Gasteiger partial charge in [-0.1, -0.05) is 11.6 Å². The van der Waals surface area contributed by atoms with Crippen molar-refractivity contribution in [3.05, 3.63) is 21.3 Å². The van der Waals surface area contributed by atoms with Gasteiger partial charge >= 0.3 is 0 Å². The van der Waals surface area contributed by atoms with Gasteiger partial charge in [0.05, 0.1) is 10.4 Å². The molecule has 2 N–H and O–H groups in total. The van der Waals surface area contributed by atoms with Crippen LogP contribution in [0.3, 0.4) is 0 Å². The molecule has 1 aliphatic rings. The van der Waals surface area contributed by atoms with Crippen LogP contribution < -0.4 is 10.6 Å². The van der Waals surface area contributed by atoms with Crippen LogP contribution in [0.5, 0.6) is 0 Å². The fourth-order valence-corrected chi connectivity index (χ4v) is 3.11. The molecule has 1 atom stereocenters. The Labute approximate surface area is 123 Å². The average molecular weight is 302 g/mol. The van der Waals surface area contributed by atoms with Crippen LogP contribution in [0.1, 0.15) is 17.7 Å². The van der Waals surface area contributed by atoms with E-state index in [2.05, 4.69) is 21.7 Å². The van der Waals surface area contributed by atoms with Crippen molar-refractivity contribution in [3.8, 4) is 0 Å². The summed E-state index contributed by atoms with van der Waals surface area (Å²) in [5, 5.41) is 6.59. The van der Waals surface area contributed by atoms with Crippen molar-refractivity contribution in [2.45, 2.75) is 25.4 Å². The van der Waals surface area contributed by atoms with E-state index in [9.17, 15) is 0 Å². The Kier molecular flexibility index (Phi) is 5.94. The van der Waals surface area contributed by atoms with Crippen LogP contribution in [-0.4, -0.2) is 38.8 Å². The fourth-order valence-electron chi connectivity index (χ4n) is 2.03. The van der Waals surface area contributed by atoms with Gasteiger partial charge in [0.2, 0.25) is 0 Å². The molecule has 0 aromatic carbocycles. The van der Waals surface area contributed by atoms with E-state index >= 15 is 0 Å². The van der Waals surface area contributed by atoms with Crippen LogP contribution >= 0.6 is 22.9 Å². The van der Waals surface area contributed by atoms with Crippen LogP contribution in [0.25, 0.3) is 0 Å².